The summed E-state index contributed by atoms with van der Waals surface area (Å²) in [6.07, 6.45) is 2.88. The highest BCUT2D eigenvalue weighted by atomic mass is 79.9. The number of alkyl halides is 1. The molecule has 2 aromatic heterocycles. The monoisotopic (exact) mass is 392 g/mol. The molecule has 0 bridgehead atoms. The number of carbonyl (C=O) groups excluding carboxylic acids is 1. The number of aromatic nitrogens is 2. The third-order valence-corrected chi connectivity index (χ3v) is 4.69. The van der Waals surface area contributed by atoms with Crippen molar-refractivity contribution in [1.82, 2.24) is 14.6 Å². The van der Waals surface area contributed by atoms with Crippen LogP contribution in [0.3, 0.4) is 0 Å². The SMILES string of the molecule is CCc1cc2c(C3=NN(CCCBr)C(=O)CC3)ccc(OC)n2n1. The molecule has 128 valence electrons. The number of aryl methyl sites for hydroxylation is 1. The van der Waals surface area contributed by atoms with Crippen molar-refractivity contribution >= 4 is 33.1 Å². The number of hydrogen-bond acceptors (Lipinski definition) is 4. The number of amides is 1. The highest BCUT2D eigenvalue weighted by Gasteiger charge is 2.23. The number of ether oxygens (including phenoxy) is 1. The Bertz CT molecular complexity index is 784. The second kappa shape index (κ2) is 7.34. The topological polar surface area (TPSA) is 59.2 Å². The number of fused-ring (bicyclic) bond motifs is 1. The van der Waals surface area contributed by atoms with Crippen LogP contribution in [-0.4, -0.2) is 45.2 Å². The normalized spacial score (nSPS) is 15.0. The van der Waals surface area contributed by atoms with Crippen LogP contribution in [0.1, 0.15) is 37.4 Å². The van der Waals surface area contributed by atoms with Crippen LogP contribution < -0.4 is 4.74 Å². The quantitative estimate of drug-likeness (QED) is 0.709. The van der Waals surface area contributed by atoms with E-state index in [1.54, 1.807) is 12.1 Å². The summed E-state index contributed by atoms with van der Waals surface area (Å²) in [6, 6.07) is 5.97. The molecule has 1 amide bonds. The van der Waals surface area contributed by atoms with Gasteiger partial charge in [0.05, 0.1) is 24.0 Å². The number of halogens is 1. The van der Waals surface area contributed by atoms with Gasteiger partial charge in [-0.1, -0.05) is 22.9 Å². The zero-order chi connectivity index (χ0) is 17.1. The number of hydrazone groups is 1. The molecule has 0 atom stereocenters. The largest absolute Gasteiger partial charge is 0.481 e. The van der Waals surface area contributed by atoms with E-state index in [2.05, 4.69) is 39.1 Å². The molecule has 0 aromatic carbocycles. The van der Waals surface area contributed by atoms with Crippen LogP contribution in [-0.2, 0) is 11.2 Å². The maximum absolute atomic E-state index is 12.1. The van der Waals surface area contributed by atoms with E-state index in [-0.39, 0.29) is 5.91 Å². The summed E-state index contributed by atoms with van der Waals surface area (Å²) in [4.78, 5) is 12.1. The maximum Gasteiger partial charge on any atom is 0.243 e. The first kappa shape index (κ1) is 17.0. The summed E-state index contributed by atoms with van der Waals surface area (Å²) >= 11 is 3.40. The minimum Gasteiger partial charge on any atom is -0.481 e. The molecule has 0 unspecified atom stereocenters. The Morgan fingerprint density at radius 3 is 2.88 bits per heavy atom. The van der Waals surface area contributed by atoms with Crippen molar-refractivity contribution in [2.75, 3.05) is 19.0 Å². The number of carbonyl (C=O) groups is 1. The molecule has 0 saturated heterocycles. The van der Waals surface area contributed by atoms with Gasteiger partial charge in [0, 0.05) is 36.3 Å². The van der Waals surface area contributed by atoms with Gasteiger partial charge in [0.2, 0.25) is 11.8 Å². The van der Waals surface area contributed by atoms with Crippen molar-refractivity contribution in [3.8, 4) is 5.88 Å². The summed E-state index contributed by atoms with van der Waals surface area (Å²) in [5, 5.41) is 11.7. The zero-order valence-electron chi connectivity index (χ0n) is 14.0. The second-order valence-electron chi connectivity index (χ2n) is 5.68. The Hall–Kier alpha value is -1.89. The Morgan fingerprint density at radius 2 is 2.17 bits per heavy atom. The van der Waals surface area contributed by atoms with Crippen molar-refractivity contribution < 1.29 is 9.53 Å². The molecule has 2 aromatic rings. The van der Waals surface area contributed by atoms with Crippen LogP contribution in [0, 0.1) is 0 Å². The molecule has 3 heterocycles. The highest BCUT2D eigenvalue weighted by molar-refractivity contribution is 9.09. The lowest BCUT2D eigenvalue weighted by molar-refractivity contribution is -0.131. The van der Waals surface area contributed by atoms with Crippen LogP contribution in [0.25, 0.3) is 5.52 Å². The van der Waals surface area contributed by atoms with Gasteiger partial charge in [0.1, 0.15) is 0 Å². The van der Waals surface area contributed by atoms with E-state index in [4.69, 9.17) is 4.74 Å². The molecule has 6 nitrogen and oxygen atoms in total. The molecular weight excluding hydrogens is 372 g/mol. The average molecular weight is 393 g/mol. The summed E-state index contributed by atoms with van der Waals surface area (Å²) < 4.78 is 7.23. The molecule has 0 fully saturated rings. The molecule has 0 aliphatic carbocycles. The first-order chi connectivity index (χ1) is 11.7. The molecular formula is C17H21BrN4O2. The summed E-state index contributed by atoms with van der Waals surface area (Å²) in [5.74, 6) is 0.782. The van der Waals surface area contributed by atoms with Gasteiger partial charge in [-0.2, -0.15) is 10.2 Å². The number of hydrogen-bond donors (Lipinski definition) is 0. The van der Waals surface area contributed by atoms with E-state index in [0.29, 0.717) is 25.3 Å². The fourth-order valence-electron chi connectivity index (χ4n) is 2.85. The van der Waals surface area contributed by atoms with Gasteiger partial charge < -0.3 is 4.74 Å². The van der Waals surface area contributed by atoms with Crippen molar-refractivity contribution in [3.63, 3.8) is 0 Å². The van der Waals surface area contributed by atoms with Gasteiger partial charge in [-0.3, -0.25) is 4.79 Å². The Balaban J connectivity index is 2.05. The van der Waals surface area contributed by atoms with Gasteiger partial charge in [0.15, 0.2) is 0 Å². The van der Waals surface area contributed by atoms with Crippen LogP contribution in [0.15, 0.2) is 23.3 Å². The summed E-state index contributed by atoms with van der Waals surface area (Å²) in [5.41, 5.74) is 3.92. The first-order valence-corrected chi connectivity index (χ1v) is 9.30. The number of methoxy groups -OCH3 is 1. The van der Waals surface area contributed by atoms with Gasteiger partial charge in [0.25, 0.3) is 0 Å². The van der Waals surface area contributed by atoms with Gasteiger partial charge >= 0.3 is 0 Å². The molecule has 0 spiro atoms. The van der Waals surface area contributed by atoms with Crippen molar-refractivity contribution in [3.05, 3.63) is 29.5 Å². The van der Waals surface area contributed by atoms with E-state index in [9.17, 15) is 4.79 Å². The lowest BCUT2D eigenvalue weighted by Crippen LogP contribution is -2.33. The third kappa shape index (κ3) is 3.17. The fraction of sp³-hybridized carbons (Fsp3) is 0.471. The second-order valence-corrected chi connectivity index (χ2v) is 6.47. The van der Waals surface area contributed by atoms with Gasteiger partial charge in [-0.25, -0.2) is 9.52 Å². The smallest absolute Gasteiger partial charge is 0.243 e. The highest BCUT2D eigenvalue weighted by Crippen LogP contribution is 2.24. The van der Waals surface area contributed by atoms with Crippen LogP contribution >= 0.6 is 15.9 Å². The zero-order valence-corrected chi connectivity index (χ0v) is 15.5. The van der Waals surface area contributed by atoms with Crippen molar-refractivity contribution in [2.45, 2.75) is 32.6 Å². The van der Waals surface area contributed by atoms with E-state index in [1.165, 1.54) is 0 Å². The Labute approximate surface area is 149 Å². The molecule has 1 aliphatic rings. The van der Waals surface area contributed by atoms with Crippen molar-refractivity contribution in [1.29, 1.82) is 0 Å². The Morgan fingerprint density at radius 1 is 1.33 bits per heavy atom. The molecule has 0 saturated carbocycles. The van der Waals surface area contributed by atoms with Gasteiger partial charge in [-0.05, 0) is 25.0 Å². The average Bonchev–Trinajstić information content (AvgIpc) is 3.04. The van der Waals surface area contributed by atoms with Crippen LogP contribution in [0.4, 0.5) is 0 Å². The maximum atomic E-state index is 12.1. The predicted molar refractivity (Wildman–Crippen MR) is 97.0 cm³/mol. The van der Waals surface area contributed by atoms with E-state index in [1.807, 2.05) is 16.6 Å². The van der Waals surface area contributed by atoms with Gasteiger partial charge in [-0.15, -0.1) is 0 Å². The first-order valence-electron chi connectivity index (χ1n) is 8.17. The lowest BCUT2D eigenvalue weighted by Gasteiger charge is -2.23. The number of pyridine rings is 1. The summed E-state index contributed by atoms with van der Waals surface area (Å²) in [6.45, 7) is 2.71. The van der Waals surface area contributed by atoms with E-state index < -0.39 is 0 Å². The third-order valence-electron chi connectivity index (χ3n) is 4.13. The molecule has 3 rings (SSSR count). The summed E-state index contributed by atoms with van der Waals surface area (Å²) in [7, 11) is 1.64. The molecule has 0 N–H and O–H groups in total. The predicted octanol–water partition coefficient (Wildman–Crippen LogP) is 3.02. The molecule has 24 heavy (non-hydrogen) atoms. The van der Waals surface area contributed by atoms with Crippen LogP contribution in [0.5, 0.6) is 5.88 Å². The standard InChI is InChI=1S/C17H21BrN4O2/c1-3-12-11-15-13(5-8-17(24-2)22(15)19-12)14-6-7-16(23)21(20-14)10-4-9-18/h5,8,11H,3-4,6-7,9-10H2,1-2H3. The Kier molecular flexibility index (Phi) is 5.18. The number of nitrogens with zero attached hydrogens (tertiary/aromatic N) is 4. The number of rotatable bonds is 6. The molecule has 1 aliphatic heterocycles. The van der Waals surface area contributed by atoms with Crippen LogP contribution in [0.2, 0.25) is 0 Å². The fourth-order valence-corrected chi connectivity index (χ4v) is 3.10. The van der Waals surface area contributed by atoms with E-state index in [0.717, 1.165) is 40.7 Å². The van der Waals surface area contributed by atoms with Crippen molar-refractivity contribution in [2.24, 2.45) is 5.10 Å². The minimum absolute atomic E-state index is 0.0898. The molecule has 0 radical (unpaired) electrons. The minimum atomic E-state index is 0.0898. The lowest BCUT2D eigenvalue weighted by atomic mass is 10.0. The van der Waals surface area contributed by atoms with E-state index >= 15 is 0 Å². The molecule has 7 heteroatoms.